The highest BCUT2D eigenvalue weighted by Crippen LogP contribution is 2.11. The summed E-state index contributed by atoms with van der Waals surface area (Å²) < 4.78 is 22.5. The van der Waals surface area contributed by atoms with Gasteiger partial charge in [0.1, 0.15) is 11.6 Å². The summed E-state index contributed by atoms with van der Waals surface area (Å²) in [7, 11) is 1.41. The van der Waals surface area contributed by atoms with Crippen LogP contribution in [0.4, 0.5) is 10.3 Å². The minimum atomic E-state index is -0.428. The maximum Gasteiger partial charge on any atom is 0.336 e. The van der Waals surface area contributed by atoms with Crippen molar-refractivity contribution in [3.05, 3.63) is 30.1 Å². The smallest absolute Gasteiger partial charge is 0.336 e. The Balaban J connectivity index is 1.82. The standard InChI is InChI=1S/C11H11FN4O3/c1-18-11-14-10(15-16-11)13-9(17)6-19-8-4-2-7(12)3-5-8/h2-5H,6H2,1H3,(H2,13,14,15,16,17). The molecule has 0 radical (unpaired) electrons. The molecular formula is C11H11FN4O3. The van der Waals surface area contributed by atoms with E-state index in [4.69, 9.17) is 9.47 Å². The molecule has 1 aromatic carbocycles. The van der Waals surface area contributed by atoms with E-state index in [1.807, 2.05) is 0 Å². The number of hydrogen-bond donors (Lipinski definition) is 2. The first-order chi connectivity index (χ1) is 9.17. The number of rotatable bonds is 5. The highest BCUT2D eigenvalue weighted by Gasteiger charge is 2.08. The largest absolute Gasteiger partial charge is 0.484 e. The third-order valence-corrected chi connectivity index (χ3v) is 2.09. The molecule has 2 rings (SSSR count). The SMILES string of the molecule is COc1n[nH]c(NC(=O)COc2ccc(F)cc2)n1. The van der Waals surface area contributed by atoms with Crippen molar-refractivity contribution < 1.29 is 18.7 Å². The molecule has 7 nitrogen and oxygen atoms in total. The second-order valence-corrected chi connectivity index (χ2v) is 3.46. The Labute approximate surface area is 107 Å². The van der Waals surface area contributed by atoms with Gasteiger partial charge in [0, 0.05) is 0 Å². The van der Waals surface area contributed by atoms with E-state index in [1.54, 1.807) is 0 Å². The van der Waals surface area contributed by atoms with Gasteiger partial charge in [-0.1, -0.05) is 0 Å². The van der Waals surface area contributed by atoms with Gasteiger partial charge in [-0.15, -0.1) is 5.10 Å². The topological polar surface area (TPSA) is 89.1 Å². The Bertz CT molecular complexity index is 555. The van der Waals surface area contributed by atoms with E-state index in [-0.39, 0.29) is 24.4 Å². The number of carbonyl (C=O) groups excluding carboxylic acids is 1. The monoisotopic (exact) mass is 266 g/mol. The summed E-state index contributed by atoms with van der Waals surface area (Å²) >= 11 is 0. The number of ether oxygens (including phenoxy) is 2. The molecule has 0 fully saturated rings. The van der Waals surface area contributed by atoms with Crippen molar-refractivity contribution in [2.45, 2.75) is 0 Å². The number of halogens is 1. The molecule has 0 unspecified atom stereocenters. The summed E-state index contributed by atoms with van der Waals surface area (Å²) in [6.07, 6.45) is 0. The van der Waals surface area contributed by atoms with Crippen LogP contribution in [0, 0.1) is 5.82 Å². The van der Waals surface area contributed by atoms with Crippen molar-refractivity contribution in [3.63, 3.8) is 0 Å². The maximum absolute atomic E-state index is 12.6. The quantitative estimate of drug-likeness (QED) is 0.841. The number of carbonyl (C=O) groups is 1. The highest BCUT2D eigenvalue weighted by atomic mass is 19.1. The van der Waals surface area contributed by atoms with Crippen LogP contribution in [0.5, 0.6) is 11.8 Å². The van der Waals surface area contributed by atoms with E-state index >= 15 is 0 Å². The average molecular weight is 266 g/mol. The number of H-pyrrole nitrogens is 1. The molecule has 1 heterocycles. The maximum atomic E-state index is 12.6. The van der Waals surface area contributed by atoms with E-state index in [2.05, 4.69) is 20.5 Å². The molecule has 1 aromatic heterocycles. The molecule has 0 saturated carbocycles. The van der Waals surface area contributed by atoms with E-state index in [1.165, 1.54) is 31.4 Å². The van der Waals surface area contributed by atoms with E-state index < -0.39 is 5.91 Å². The van der Waals surface area contributed by atoms with Gasteiger partial charge >= 0.3 is 6.01 Å². The molecule has 0 aliphatic carbocycles. The van der Waals surface area contributed by atoms with Gasteiger partial charge < -0.3 is 9.47 Å². The predicted molar refractivity (Wildman–Crippen MR) is 63.5 cm³/mol. The third kappa shape index (κ3) is 3.66. The predicted octanol–water partition coefficient (Wildman–Crippen LogP) is 0.970. The summed E-state index contributed by atoms with van der Waals surface area (Å²) in [5, 5.41) is 8.56. The molecule has 1 amide bonds. The Morgan fingerprint density at radius 2 is 2.16 bits per heavy atom. The first kappa shape index (κ1) is 12.8. The Morgan fingerprint density at radius 3 is 2.79 bits per heavy atom. The Morgan fingerprint density at radius 1 is 1.42 bits per heavy atom. The van der Waals surface area contributed by atoms with Crippen molar-refractivity contribution in [3.8, 4) is 11.8 Å². The van der Waals surface area contributed by atoms with Crippen molar-refractivity contribution in [1.82, 2.24) is 15.2 Å². The molecule has 100 valence electrons. The summed E-state index contributed by atoms with van der Waals surface area (Å²) in [6.45, 7) is -0.228. The summed E-state index contributed by atoms with van der Waals surface area (Å²) in [6, 6.07) is 5.47. The molecule has 0 spiro atoms. The molecular weight excluding hydrogens is 255 g/mol. The number of nitrogens with one attached hydrogen (secondary N) is 2. The number of aromatic amines is 1. The third-order valence-electron chi connectivity index (χ3n) is 2.09. The lowest BCUT2D eigenvalue weighted by molar-refractivity contribution is -0.118. The van der Waals surface area contributed by atoms with Gasteiger partial charge in [-0.25, -0.2) is 9.49 Å². The van der Waals surface area contributed by atoms with Crippen LogP contribution in [-0.2, 0) is 4.79 Å². The van der Waals surface area contributed by atoms with Crippen LogP contribution < -0.4 is 14.8 Å². The molecule has 0 saturated heterocycles. The van der Waals surface area contributed by atoms with Crippen molar-refractivity contribution in [2.24, 2.45) is 0 Å². The molecule has 0 aliphatic heterocycles. The molecule has 0 aliphatic rings. The zero-order chi connectivity index (χ0) is 13.7. The molecule has 2 aromatic rings. The van der Waals surface area contributed by atoms with Crippen LogP contribution in [0.3, 0.4) is 0 Å². The summed E-state index contributed by atoms with van der Waals surface area (Å²) in [4.78, 5) is 15.3. The van der Waals surface area contributed by atoms with Crippen molar-refractivity contribution in [1.29, 1.82) is 0 Å². The van der Waals surface area contributed by atoms with E-state index in [0.29, 0.717) is 5.75 Å². The van der Waals surface area contributed by atoms with Crippen molar-refractivity contribution in [2.75, 3.05) is 19.0 Å². The summed E-state index contributed by atoms with van der Waals surface area (Å²) in [5.41, 5.74) is 0. The van der Waals surface area contributed by atoms with E-state index in [9.17, 15) is 9.18 Å². The van der Waals surface area contributed by atoms with Gasteiger partial charge in [-0.2, -0.15) is 4.98 Å². The minimum absolute atomic E-state index is 0.120. The number of methoxy groups -OCH3 is 1. The molecule has 0 bridgehead atoms. The van der Waals surface area contributed by atoms with Gasteiger partial charge in [0.05, 0.1) is 7.11 Å². The first-order valence-electron chi connectivity index (χ1n) is 5.32. The lowest BCUT2D eigenvalue weighted by Crippen LogP contribution is -2.20. The van der Waals surface area contributed by atoms with Gasteiger partial charge in [0.2, 0.25) is 5.95 Å². The molecule has 2 N–H and O–H groups in total. The molecule has 19 heavy (non-hydrogen) atoms. The second kappa shape index (κ2) is 5.80. The minimum Gasteiger partial charge on any atom is -0.484 e. The van der Waals surface area contributed by atoms with Gasteiger partial charge in [-0.05, 0) is 24.3 Å². The lowest BCUT2D eigenvalue weighted by atomic mass is 10.3. The van der Waals surface area contributed by atoms with Gasteiger partial charge in [0.25, 0.3) is 5.91 Å². The number of nitrogens with zero attached hydrogens (tertiary/aromatic N) is 2. The van der Waals surface area contributed by atoms with Crippen LogP contribution in [0.1, 0.15) is 0 Å². The van der Waals surface area contributed by atoms with E-state index in [0.717, 1.165) is 0 Å². The van der Waals surface area contributed by atoms with Crippen LogP contribution in [-0.4, -0.2) is 34.8 Å². The fraction of sp³-hybridized carbons (Fsp3) is 0.182. The Kier molecular flexibility index (Phi) is 3.91. The summed E-state index contributed by atoms with van der Waals surface area (Å²) in [5.74, 6) is -0.245. The molecule has 8 heteroatoms. The number of hydrogen-bond acceptors (Lipinski definition) is 5. The number of amides is 1. The number of benzene rings is 1. The van der Waals surface area contributed by atoms with Gasteiger partial charge in [-0.3, -0.25) is 10.1 Å². The van der Waals surface area contributed by atoms with Crippen LogP contribution in [0.2, 0.25) is 0 Å². The number of aromatic nitrogens is 3. The highest BCUT2D eigenvalue weighted by molar-refractivity contribution is 5.90. The normalized spacial score (nSPS) is 10.0. The molecule has 0 atom stereocenters. The fourth-order valence-corrected chi connectivity index (χ4v) is 1.24. The van der Waals surface area contributed by atoms with Crippen LogP contribution in [0.25, 0.3) is 0 Å². The second-order valence-electron chi connectivity index (χ2n) is 3.46. The van der Waals surface area contributed by atoms with Gasteiger partial charge in [0.15, 0.2) is 6.61 Å². The average Bonchev–Trinajstić information content (AvgIpc) is 2.86. The van der Waals surface area contributed by atoms with Crippen LogP contribution in [0.15, 0.2) is 24.3 Å². The Hall–Kier alpha value is -2.64. The zero-order valence-electron chi connectivity index (χ0n) is 10.0. The lowest BCUT2D eigenvalue weighted by Gasteiger charge is -2.05. The van der Waals surface area contributed by atoms with Crippen LogP contribution >= 0.6 is 0 Å². The number of anilines is 1. The fourth-order valence-electron chi connectivity index (χ4n) is 1.24. The zero-order valence-corrected chi connectivity index (χ0v) is 10.0. The first-order valence-corrected chi connectivity index (χ1v) is 5.32. The van der Waals surface area contributed by atoms with Crippen molar-refractivity contribution >= 4 is 11.9 Å².